The van der Waals surface area contributed by atoms with Gasteiger partial charge in [-0.05, 0) is 83.4 Å². The van der Waals surface area contributed by atoms with Crippen molar-refractivity contribution in [3.63, 3.8) is 0 Å². The van der Waals surface area contributed by atoms with Gasteiger partial charge in [0.1, 0.15) is 11.6 Å². The third kappa shape index (κ3) is 4.56. The van der Waals surface area contributed by atoms with E-state index in [4.69, 9.17) is 9.97 Å². The fraction of sp³-hybridized carbons (Fsp3) is 0. The van der Waals surface area contributed by atoms with Crippen LogP contribution in [0.3, 0.4) is 0 Å². The van der Waals surface area contributed by atoms with Gasteiger partial charge in [0.05, 0.1) is 27.6 Å². The Morgan fingerprint density at radius 1 is 0.453 bits per heavy atom. The van der Waals surface area contributed by atoms with Crippen LogP contribution in [0.2, 0.25) is 0 Å². The number of aromatic amines is 1. The number of nitrogens with one attached hydrogen (secondary N) is 1. The lowest BCUT2D eigenvalue weighted by atomic mass is 10.0. The SMILES string of the molecule is c1ccc(-n2c3ccccc3c3ccc(-c4cccc5c4nc(-c4cccc6c4[nH]c4ccccc46)n5-c4ccc(-c5ccncc5)cc4)cc32)nc1. The molecule has 0 bridgehead atoms. The molecular formula is C47H30N6. The van der Waals surface area contributed by atoms with Gasteiger partial charge in [-0.25, -0.2) is 9.97 Å². The second kappa shape index (κ2) is 11.6. The molecule has 0 spiro atoms. The smallest absolute Gasteiger partial charge is 0.147 e. The third-order valence-corrected chi connectivity index (χ3v) is 10.5. The van der Waals surface area contributed by atoms with Crippen molar-refractivity contribution < 1.29 is 0 Å². The zero-order chi connectivity index (χ0) is 34.9. The predicted molar refractivity (Wildman–Crippen MR) is 217 cm³/mol. The topological polar surface area (TPSA) is 64.3 Å². The minimum absolute atomic E-state index is 0.880. The van der Waals surface area contributed by atoms with Crippen LogP contribution in [-0.4, -0.2) is 29.1 Å². The fourth-order valence-electron chi connectivity index (χ4n) is 8.05. The van der Waals surface area contributed by atoms with Crippen LogP contribution in [0, 0.1) is 0 Å². The number of para-hydroxylation sites is 4. The van der Waals surface area contributed by atoms with Crippen molar-refractivity contribution in [2.24, 2.45) is 0 Å². The van der Waals surface area contributed by atoms with Gasteiger partial charge < -0.3 is 4.98 Å². The van der Waals surface area contributed by atoms with E-state index in [0.29, 0.717) is 0 Å². The second-order valence-corrected chi connectivity index (χ2v) is 13.4. The summed E-state index contributed by atoms with van der Waals surface area (Å²) in [6, 6.07) is 55.7. The van der Waals surface area contributed by atoms with Crippen molar-refractivity contribution >= 4 is 54.6 Å². The number of hydrogen-bond acceptors (Lipinski definition) is 3. The lowest BCUT2D eigenvalue weighted by Gasteiger charge is -2.12. The van der Waals surface area contributed by atoms with Crippen LogP contribution in [0.4, 0.5) is 0 Å². The number of rotatable bonds is 5. The van der Waals surface area contributed by atoms with Gasteiger partial charge in [0, 0.05) is 62.5 Å². The van der Waals surface area contributed by atoms with Crippen molar-refractivity contribution in [2.75, 3.05) is 0 Å². The zero-order valence-electron chi connectivity index (χ0n) is 28.5. The number of benzene rings is 6. The molecule has 0 saturated carbocycles. The average Bonchev–Trinajstić information content (AvgIpc) is 3.91. The molecule has 0 unspecified atom stereocenters. The van der Waals surface area contributed by atoms with Crippen molar-refractivity contribution in [1.82, 2.24) is 29.1 Å². The van der Waals surface area contributed by atoms with Crippen molar-refractivity contribution in [2.45, 2.75) is 0 Å². The van der Waals surface area contributed by atoms with E-state index in [1.54, 1.807) is 0 Å². The number of H-pyrrole nitrogens is 1. The summed E-state index contributed by atoms with van der Waals surface area (Å²) in [7, 11) is 0. The molecule has 0 fully saturated rings. The first kappa shape index (κ1) is 29.4. The molecule has 1 N–H and O–H groups in total. The highest BCUT2D eigenvalue weighted by atomic mass is 15.1. The Morgan fingerprint density at radius 2 is 1.15 bits per heavy atom. The van der Waals surface area contributed by atoms with Gasteiger partial charge in [0.2, 0.25) is 0 Å². The Morgan fingerprint density at radius 3 is 2.02 bits per heavy atom. The minimum atomic E-state index is 0.880. The molecule has 0 aliphatic carbocycles. The van der Waals surface area contributed by atoms with Crippen molar-refractivity contribution in [3.05, 3.63) is 176 Å². The molecule has 248 valence electrons. The number of pyridine rings is 2. The van der Waals surface area contributed by atoms with E-state index >= 15 is 0 Å². The molecule has 11 rings (SSSR count). The number of fused-ring (bicyclic) bond motifs is 7. The molecule has 0 amide bonds. The highest BCUT2D eigenvalue weighted by molar-refractivity contribution is 6.13. The van der Waals surface area contributed by atoms with E-state index in [2.05, 4.69) is 153 Å². The molecule has 6 heteroatoms. The molecule has 5 heterocycles. The summed E-state index contributed by atoms with van der Waals surface area (Å²) in [6.45, 7) is 0. The normalized spacial score (nSPS) is 11.8. The Bertz CT molecular complexity index is 3150. The molecule has 0 radical (unpaired) electrons. The number of nitrogens with zero attached hydrogens (tertiary/aromatic N) is 5. The molecular weight excluding hydrogens is 649 g/mol. The third-order valence-electron chi connectivity index (χ3n) is 10.5. The van der Waals surface area contributed by atoms with Gasteiger partial charge in [-0.15, -0.1) is 0 Å². The summed E-state index contributed by atoms with van der Waals surface area (Å²) >= 11 is 0. The van der Waals surface area contributed by atoms with E-state index < -0.39 is 0 Å². The van der Waals surface area contributed by atoms with Gasteiger partial charge in [-0.2, -0.15) is 0 Å². The molecule has 11 aromatic rings. The molecule has 0 aliphatic heterocycles. The largest absolute Gasteiger partial charge is 0.354 e. The van der Waals surface area contributed by atoms with E-state index in [1.807, 2.05) is 42.9 Å². The molecule has 6 nitrogen and oxygen atoms in total. The number of aromatic nitrogens is 6. The first-order valence-electron chi connectivity index (χ1n) is 17.8. The monoisotopic (exact) mass is 678 g/mol. The lowest BCUT2D eigenvalue weighted by molar-refractivity contribution is 1.08. The lowest BCUT2D eigenvalue weighted by Crippen LogP contribution is -1.98. The average molecular weight is 679 g/mol. The zero-order valence-corrected chi connectivity index (χ0v) is 28.5. The molecule has 0 aliphatic rings. The maximum Gasteiger partial charge on any atom is 0.147 e. The fourth-order valence-corrected chi connectivity index (χ4v) is 8.05. The van der Waals surface area contributed by atoms with E-state index in [9.17, 15) is 0 Å². The summed E-state index contributed by atoms with van der Waals surface area (Å²) in [6.07, 6.45) is 5.52. The van der Waals surface area contributed by atoms with E-state index in [1.165, 1.54) is 21.5 Å². The van der Waals surface area contributed by atoms with Crippen molar-refractivity contribution in [3.8, 4) is 45.1 Å². The number of hydrogen-bond donors (Lipinski definition) is 1. The van der Waals surface area contributed by atoms with Crippen LogP contribution < -0.4 is 0 Å². The minimum Gasteiger partial charge on any atom is -0.354 e. The molecule has 5 aromatic heterocycles. The van der Waals surface area contributed by atoms with Crippen LogP contribution in [-0.2, 0) is 0 Å². The Hall–Kier alpha value is -7.31. The van der Waals surface area contributed by atoms with Gasteiger partial charge in [0.15, 0.2) is 0 Å². The molecule has 53 heavy (non-hydrogen) atoms. The van der Waals surface area contributed by atoms with Crippen LogP contribution in [0.5, 0.6) is 0 Å². The molecule has 6 aromatic carbocycles. The molecule has 0 atom stereocenters. The van der Waals surface area contributed by atoms with Gasteiger partial charge in [-0.1, -0.05) is 91.0 Å². The summed E-state index contributed by atoms with van der Waals surface area (Å²) in [5, 5.41) is 4.77. The van der Waals surface area contributed by atoms with E-state index in [0.717, 1.165) is 78.2 Å². The maximum atomic E-state index is 5.56. The first-order chi connectivity index (χ1) is 26.3. The summed E-state index contributed by atoms with van der Waals surface area (Å²) in [5.74, 6) is 1.77. The first-order valence-corrected chi connectivity index (χ1v) is 17.8. The highest BCUT2D eigenvalue weighted by Crippen LogP contribution is 2.40. The maximum absolute atomic E-state index is 5.56. The van der Waals surface area contributed by atoms with Gasteiger partial charge >= 0.3 is 0 Å². The molecule has 0 saturated heterocycles. The predicted octanol–water partition coefficient (Wildman–Crippen LogP) is 11.5. The second-order valence-electron chi connectivity index (χ2n) is 13.4. The van der Waals surface area contributed by atoms with Crippen LogP contribution in [0.1, 0.15) is 0 Å². The van der Waals surface area contributed by atoms with Gasteiger partial charge in [-0.3, -0.25) is 14.1 Å². The summed E-state index contributed by atoms with van der Waals surface area (Å²) in [5.41, 5.74) is 12.9. The van der Waals surface area contributed by atoms with Crippen LogP contribution >= 0.6 is 0 Å². The van der Waals surface area contributed by atoms with Crippen LogP contribution in [0.15, 0.2) is 176 Å². The summed E-state index contributed by atoms with van der Waals surface area (Å²) in [4.78, 5) is 18.3. The highest BCUT2D eigenvalue weighted by Gasteiger charge is 2.21. The Kier molecular flexibility index (Phi) is 6.45. The quantitative estimate of drug-likeness (QED) is 0.197. The van der Waals surface area contributed by atoms with Crippen molar-refractivity contribution in [1.29, 1.82) is 0 Å². The van der Waals surface area contributed by atoms with E-state index in [-0.39, 0.29) is 0 Å². The Labute approximate surface area is 304 Å². The van der Waals surface area contributed by atoms with Crippen LogP contribution in [0.25, 0.3) is 99.8 Å². The van der Waals surface area contributed by atoms with Gasteiger partial charge in [0.25, 0.3) is 0 Å². The summed E-state index contributed by atoms with van der Waals surface area (Å²) < 4.78 is 4.57. The number of imidazole rings is 1. The Balaban J connectivity index is 1.17. The standard InChI is InChI=1S/C47H30N6/c1-3-14-40-35(9-1)38-12-7-13-39(45(38)50-40)47-51-46-34(11-8-16-42(46)52(47)33-21-18-30(19-22-33)31-24-27-48-28-25-31)32-20-23-37-36-10-2-4-15-41(36)53(43(37)29-32)44-17-5-6-26-49-44/h1-29,50H.